The molecule has 1 atom stereocenters. The van der Waals surface area contributed by atoms with Crippen LogP contribution in [0.4, 0.5) is 5.69 Å². The Morgan fingerprint density at radius 3 is 2.23 bits per heavy atom. The van der Waals surface area contributed by atoms with Crippen LogP contribution in [0.2, 0.25) is 10.0 Å². The highest BCUT2D eigenvalue weighted by atomic mass is 35.5. The number of anilines is 1. The third-order valence-corrected chi connectivity index (χ3v) is 8.81. The third-order valence-electron chi connectivity index (χ3n) is 6.45. The number of hydrogen-bond donors (Lipinski definition) is 1. The summed E-state index contributed by atoms with van der Waals surface area (Å²) in [5.41, 5.74) is 2.49. The lowest BCUT2D eigenvalue weighted by molar-refractivity contribution is -0.139. The number of hydrogen-bond acceptors (Lipinski definition) is 4. The quantitative estimate of drug-likeness (QED) is 0.291. The molecule has 214 valence electrons. The molecule has 10 heteroatoms. The van der Waals surface area contributed by atoms with Crippen LogP contribution in [-0.2, 0) is 26.2 Å². The van der Waals surface area contributed by atoms with E-state index in [0.717, 1.165) is 9.87 Å². The predicted molar refractivity (Wildman–Crippen MR) is 161 cm³/mol. The Balaban J connectivity index is 2.06. The highest BCUT2D eigenvalue weighted by Gasteiger charge is 2.33. The van der Waals surface area contributed by atoms with E-state index in [0.29, 0.717) is 33.4 Å². The Hall–Kier alpha value is -3.07. The molecular formula is C30H35Cl2N3O4S. The minimum Gasteiger partial charge on any atom is -0.354 e. The molecule has 0 aliphatic heterocycles. The lowest BCUT2D eigenvalue weighted by atomic mass is 10.1. The smallest absolute Gasteiger partial charge is 0.264 e. The molecule has 0 fully saturated rings. The summed E-state index contributed by atoms with van der Waals surface area (Å²) in [4.78, 5) is 28.5. The number of carbonyl (C=O) groups excluding carboxylic acids is 2. The van der Waals surface area contributed by atoms with Gasteiger partial charge in [-0.3, -0.25) is 13.9 Å². The van der Waals surface area contributed by atoms with E-state index in [1.165, 1.54) is 17.0 Å². The second kappa shape index (κ2) is 13.5. The number of sulfonamides is 1. The minimum absolute atomic E-state index is 0.0167. The summed E-state index contributed by atoms with van der Waals surface area (Å²) in [6.07, 6.45) is 0. The van der Waals surface area contributed by atoms with Gasteiger partial charge in [0.15, 0.2) is 0 Å². The van der Waals surface area contributed by atoms with Crippen molar-refractivity contribution < 1.29 is 18.0 Å². The molecule has 0 unspecified atom stereocenters. The number of amides is 2. The van der Waals surface area contributed by atoms with Crippen LogP contribution in [0.1, 0.15) is 37.5 Å². The zero-order valence-corrected chi connectivity index (χ0v) is 25.6. The molecule has 0 saturated carbocycles. The molecule has 2 amide bonds. The van der Waals surface area contributed by atoms with Crippen LogP contribution in [0.3, 0.4) is 0 Å². The van der Waals surface area contributed by atoms with Crippen molar-refractivity contribution in [2.24, 2.45) is 5.92 Å². The van der Waals surface area contributed by atoms with Crippen molar-refractivity contribution in [3.63, 3.8) is 0 Å². The van der Waals surface area contributed by atoms with Crippen molar-refractivity contribution >= 4 is 50.7 Å². The first kappa shape index (κ1) is 31.5. The molecule has 0 spiro atoms. The van der Waals surface area contributed by atoms with E-state index in [4.69, 9.17) is 23.2 Å². The monoisotopic (exact) mass is 603 g/mol. The van der Waals surface area contributed by atoms with Crippen LogP contribution in [0.15, 0.2) is 71.6 Å². The Morgan fingerprint density at radius 1 is 0.925 bits per heavy atom. The van der Waals surface area contributed by atoms with Gasteiger partial charge in [0.1, 0.15) is 12.6 Å². The van der Waals surface area contributed by atoms with Crippen LogP contribution in [0.5, 0.6) is 0 Å². The van der Waals surface area contributed by atoms with E-state index in [2.05, 4.69) is 5.32 Å². The topological polar surface area (TPSA) is 86.8 Å². The third kappa shape index (κ3) is 7.77. The summed E-state index contributed by atoms with van der Waals surface area (Å²) in [5.74, 6) is -0.697. The molecule has 7 nitrogen and oxygen atoms in total. The second-order valence-corrected chi connectivity index (χ2v) is 12.9. The summed E-state index contributed by atoms with van der Waals surface area (Å²) in [6, 6.07) is 17.4. The predicted octanol–water partition coefficient (Wildman–Crippen LogP) is 6.00. The highest BCUT2D eigenvalue weighted by Crippen LogP contribution is 2.29. The van der Waals surface area contributed by atoms with Gasteiger partial charge in [0.05, 0.1) is 10.6 Å². The number of carbonyl (C=O) groups is 2. The standard InChI is InChI=1S/C30H35Cl2N3O4S/c1-20(2)17-33-30(37)23(5)34(18-24-13-14-25(31)16-27(24)32)29(36)19-35(28-15-21(3)11-12-22(28)4)40(38,39)26-9-7-6-8-10-26/h6-16,20,23H,17-19H2,1-5H3,(H,33,37)/t23-/m0/s1. The number of benzene rings is 3. The maximum absolute atomic E-state index is 14.0. The lowest BCUT2D eigenvalue weighted by Gasteiger charge is -2.32. The van der Waals surface area contributed by atoms with E-state index in [-0.39, 0.29) is 23.3 Å². The van der Waals surface area contributed by atoms with Gasteiger partial charge in [-0.2, -0.15) is 0 Å². The van der Waals surface area contributed by atoms with Gasteiger partial charge in [0, 0.05) is 23.1 Å². The molecule has 0 aromatic heterocycles. The van der Waals surface area contributed by atoms with Crippen LogP contribution >= 0.6 is 23.2 Å². The van der Waals surface area contributed by atoms with Crippen LogP contribution in [0, 0.1) is 19.8 Å². The zero-order valence-electron chi connectivity index (χ0n) is 23.3. The largest absolute Gasteiger partial charge is 0.354 e. The first-order chi connectivity index (χ1) is 18.8. The van der Waals surface area contributed by atoms with Crippen LogP contribution in [-0.4, -0.2) is 44.3 Å². The molecule has 0 heterocycles. The van der Waals surface area contributed by atoms with Crippen molar-refractivity contribution in [1.82, 2.24) is 10.2 Å². The number of halogens is 2. The van der Waals surface area contributed by atoms with E-state index in [1.807, 2.05) is 32.9 Å². The summed E-state index contributed by atoms with van der Waals surface area (Å²) < 4.78 is 29.0. The Kier molecular flexibility index (Phi) is 10.6. The average Bonchev–Trinajstić information content (AvgIpc) is 2.91. The van der Waals surface area contributed by atoms with Gasteiger partial charge >= 0.3 is 0 Å². The normalized spacial score (nSPS) is 12.2. The van der Waals surface area contributed by atoms with Gasteiger partial charge in [-0.1, -0.05) is 73.4 Å². The van der Waals surface area contributed by atoms with Crippen molar-refractivity contribution in [2.75, 3.05) is 17.4 Å². The van der Waals surface area contributed by atoms with Crippen molar-refractivity contribution in [3.8, 4) is 0 Å². The molecule has 0 radical (unpaired) electrons. The first-order valence-corrected chi connectivity index (χ1v) is 15.2. The van der Waals surface area contributed by atoms with Gasteiger partial charge in [-0.25, -0.2) is 8.42 Å². The molecule has 0 aliphatic carbocycles. The maximum Gasteiger partial charge on any atom is 0.264 e. The number of aryl methyl sites for hydroxylation is 2. The van der Waals surface area contributed by atoms with Gasteiger partial charge < -0.3 is 10.2 Å². The number of nitrogens with zero attached hydrogens (tertiary/aromatic N) is 2. The average molecular weight is 605 g/mol. The molecule has 0 bridgehead atoms. The van der Waals surface area contributed by atoms with Gasteiger partial charge in [-0.05, 0) is 73.7 Å². The molecule has 3 rings (SSSR count). The molecule has 0 saturated heterocycles. The summed E-state index contributed by atoms with van der Waals surface area (Å²) in [7, 11) is -4.13. The van der Waals surface area contributed by atoms with E-state index in [9.17, 15) is 18.0 Å². The molecule has 1 N–H and O–H groups in total. The fraction of sp³-hybridized carbons (Fsp3) is 0.333. The maximum atomic E-state index is 14.0. The van der Waals surface area contributed by atoms with Crippen LogP contribution in [0.25, 0.3) is 0 Å². The Bertz CT molecular complexity index is 1460. The number of nitrogens with one attached hydrogen (secondary N) is 1. The molecule has 3 aromatic carbocycles. The molecule has 0 aliphatic rings. The summed E-state index contributed by atoms with van der Waals surface area (Å²) in [6.45, 7) is 9.10. The van der Waals surface area contributed by atoms with Gasteiger partial charge in [0.2, 0.25) is 11.8 Å². The highest BCUT2D eigenvalue weighted by molar-refractivity contribution is 7.92. The second-order valence-electron chi connectivity index (χ2n) is 10.2. The minimum atomic E-state index is -4.13. The van der Waals surface area contributed by atoms with Crippen molar-refractivity contribution in [1.29, 1.82) is 0 Å². The van der Waals surface area contributed by atoms with Crippen molar-refractivity contribution in [2.45, 2.75) is 52.1 Å². The molecule has 40 heavy (non-hydrogen) atoms. The van der Waals surface area contributed by atoms with Gasteiger partial charge in [0.25, 0.3) is 10.0 Å². The summed E-state index contributed by atoms with van der Waals surface area (Å²) in [5, 5.41) is 3.64. The Morgan fingerprint density at radius 2 is 1.60 bits per heavy atom. The van der Waals surface area contributed by atoms with Crippen molar-refractivity contribution in [3.05, 3.63) is 93.5 Å². The first-order valence-electron chi connectivity index (χ1n) is 13.0. The Labute approximate surface area is 247 Å². The fourth-order valence-corrected chi connectivity index (χ4v) is 6.05. The van der Waals surface area contributed by atoms with E-state index >= 15 is 0 Å². The van der Waals surface area contributed by atoms with E-state index < -0.39 is 28.5 Å². The SMILES string of the molecule is Cc1ccc(C)c(N(CC(=O)N(Cc2ccc(Cl)cc2Cl)[C@@H](C)C(=O)NCC(C)C)S(=O)(=O)c2ccccc2)c1. The van der Waals surface area contributed by atoms with Crippen LogP contribution < -0.4 is 9.62 Å². The van der Waals surface area contributed by atoms with Gasteiger partial charge in [-0.15, -0.1) is 0 Å². The molecule has 3 aromatic rings. The zero-order chi connectivity index (χ0) is 29.6. The lowest BCUT2D eigenvalue weighted by Crippen LogP contribution is -2.51. The fourth-order valence-electron chi connectivity index (χ4n) is 4.09. The summed E-state index contributed by atoms with van der Waals surface area (Å²) >= 11 is 12.5. The molecular weight excluding hydrogens is 569 g/mol. The van der Waals surface area contributed by atoms with E-state index in [1.54, 1.807) is 56.3 Å². The number of rotatable bonds is 11.